The van der Waals surface area contributed by atoms with E-state index in [1.807, 2.05) is 6.07 Å². The average Bonchev–Trinajstić information content (AvgIpc) is 2.73. The molecule has 0 aliphatic carbocycles. The van der Waals surface area contributed by atoms with Crippen LogP contribution in [0.1, 0.15) is 42.6 Å². The van der Waals surface area contributed by atoms with Gasteiger partial charge >= 0.3 is 0 Å². The summed E-state index contributed by atoms with van der Waals surface area (Å²) in [6, 6.07) is 11.4. The lowest BCUT2D eigenvalue weighted by atomic mass is 9.97. The monoisotopic (exact) mass is 431 g/mol. The standard InChI is InChI=1S/C23H27ClFN3O2/c1-15-9-11-28(12-10-15)21-8-7-19(27-22(29)16(2)24)13-20(21)23(30)26-14-17-3-5-18(25)6-4-17/h3-8,13,15-16H,9-12,14H2,1-2H3,(H,26,30)(H,27,29). The quantitative estimate of drug-likeness (QED) is 0.659. The summed E-state index contributed by atoms with van der Waals surface area (Å²) in [7, 11) is 0. The first kappa shape index (κ1) is 22.1. The summed E-state index contributed by atoms with van der Waals surface area (Å²) in [5.41, 5.74) is 2.66. The number of carbonyl (C=O) groups is 2. The molecular weight excluding hydrogens is 405 g/mol. The highest BCUT2D eigenvalue weighted by Gasteiger charge is 2.22. The number of anilines is 2. The van der Waals surface area contributed by atoms with Gasteiger partial charge in [-0.05, 0) is 61.6 Å². The molecule has 1 saturated heterocycles. The van der Waals surface area contributed by atoms with E-state index >= 15 is 0 Å². The number of amides is 2. The Morgan fingerprint density at radius 1 is 1.17 bits per heavy atom. The van der Waals surface area contributed by atoms with E-state index in [4.69, 9.17) is 11.6 Å². The number of benzene rings is 2. The van der Waals surface area contributed by atoms with Gasteiger partial charge in [0.1, 0.15) is 11.2 Å². The third kappa shape index (κ3) is 5.72. The van der Waals surface area contributed by atoms with Gasteiger partial charge in [-0.2, -0.15) is 0 Å². The maximum absolute atomic E-state index is 13.1. The van der Waals surface area contributed by atoms with Gasteiger partial charge in [0, 0.05) is 31.0 Å². The van der Waals surface area contributed by atoms with Crippen molar-refractivity contribution in [1.29, 1.82) is 0 Å². The van der Waals surface area contributed by atoms with Gasteiger partial charge < -0.3 is 15.5 Å². The van der Waals surface area contributed by atoms with Crippen molar-refractivity contribution in [2.45, 2.75) is 38.6 Å². The summed E-state index contributed by atoms with van der Waals surface area (Å²) in [5.74, 6) is -0.221. The van der Waals surface area contributed by atoms with Crippen molar-refractivity contribution in [3.63, 3.8) is 0 Å². The normalized spacial score (nSPS) is 15.5. The van der Waals surface area contributed by atoms with Crippen molar-refractivity contribution in [1.82, 2.24) is 5.32 Å². The summed E-state index contributed by atoms with van der Waals surface area (Å²) in [6.07, 6.45) is 2.14. The molecule has 1 aliphatic rings. The number of rotatable bonds is 6. The predicted molar refractivity (Wildman–Crippen MR) is 119 cm³/mol. The van der Waals surface area contributed by atoms with Gasteiger partial charge in [0.25, 0.3) is 5.91 Å². The molecule has 2 N–H and O–H groups in total. The molecule has 2 aromatic rings. The Bertz CT molecular complexity index is 894. The third-order valence-corrected chi connectivity index (χ3v) is 5.56. The van der Waals surface area contributed by atoms with Crippen molar-refractivity contribution >= 4 is 34.8 Å². The average molecular weight is 432 g/mol. The van der Waals surface area contributed by atoms with E-state index < -0.39 is 5.38 Å². The molecule has 5 nitrogen and oxygen atoms in total. The van der Waals surface area contributed by atoms with E-state index in [2.05, 4.69) is 22.5 Å². The fraction of sp³-hybridized carbons (Fsp3) is 0.391. The Morgan fingerprint density at radius 3 is 2.47 bits per heavy atom. The van der Waals surface area contributed by atoms with Gasteiger partial charge in [0.15, 0.2) is 0 Å². The minimum Gasteiger partial charge on any atom is -0.371 e. The SMILES string of the molecule is CC1CCN(c2ccc(NC(=O)C(C)Cl)cc2C(=O)NCc2ccc(F)cc2)CC1. The van der Waals surface area contributed by atoms with E-state index in [1.54, 1.807) is 31.2 Å². The van der Waals surface area contributed by atoms with E-state index in [9.17, 15) is 14.0 Å². The molecule has 1 fully saturated rings. The summed E-state index contributed by atoms with van der Waals surface area (Å²) in [6.45, 7) is 5.87. The lowest BCUT2D eigenvalue weighted by Gasteiger charge is -2.33. The Morgan fingerprint density at radius 2 is 1.83 bits per heavy atom. The van der Waals surface area contributed by atoms with Crippen molar-refractivity contribution in [2.24, 2.45) is 5.92 Å². The van der Waals surface area contributed by atoms with Crippen LogP contribution in [0.3, 0.4) is 0 Å². The largest absolute Gasteiger partial charge is 0.371 e. The summed E-state index contributed by atoms with van der Waals surface area (Å²) in [5, 5.41) is 4.97. The van der Waals surface area contributed by atoms with Crippen molar-refractivity contribution in [3.8, 4) is 0 Å². The molecule has 0 spiro atoms. The zero-order chi connectivity index (χ0) is 21.7. The van der Waals surface area contributed by atoms with Gasteiger partial charge in [0.05, 0.1) is 5.56 Å². The van der Waals surface area contributed by atoms with Gasteiger partial charge in [-0.15, -0.1) is 11.6 Å². The fourth-order valence-electron chi connectivity index (χ4n) is 3.44. The topological polar surface area (TPSA) is 61.4 Å². The molecule has 1 atom stereocenters. The first-order valence-corrected chi connectivity index (χ1v) is 10.6. The minimum atomic E-state index is -0.677. The highest BCUT2D eigenvalue weighted by molar-refractivity contribution is 6.32. The molecule has 0 aromatic heterocycles. The zero-order valence-corrected chi connectivity index (χ0v) is 18.0. The summed E-state index contributed by atoms with van der Waals surface area (Å²) in [4.78, 5) is 27.2. The van der Waals surface area contributed by atoms with E-state index in [-0.39, 0.29) is 24.2 Å². The van der Waals surface area contributed by atoms with Crippen LogP contribution in [0, 0.1) is 11.7 Å². The number of hydrogen-bond donors (Lipinski definition) is 2. The highest BCUT2D eigenvalue weighted by Crippen LogP contribution is 2.29. The van der Waals surface area contributed by atoms with Crippen LogP contribution in [0.2, 0.25) is 0 Å². The second-order valence-corrected chi connectivity index (χ2v) is 8.47. The molecule has 2 amide bonds. The molecule has 0 radical (unpaired) electrons. The zero-order valence-electron chi connectivity index (χ0n) is 17.3. The van der Waals surface area contributed by atoms with Crippen LogP contribution >= 0.6 is 11.6 Å². The number of halogens is 2. The molecule has 1 heterocycles. The molecule has 30 heavy (non-hydrogen) atoms. The summed E-state index contributed by atoms with van der Waals surface area (Å²) < 4.78 is 13.1. The van der Waals surface area contributed by atoms with E-state index in [1.165, 1.54) is 12.1 Å². The van der Waals surface area contributed by atoms with Gasteiger partial charge in [0.2, 0.25) is 5.91 Å². The van der Waals surface area contributed by atoms with Crippen LogP contribution in [0.5, 0.6) is 0 Å². The molecular formula is C23H27ClFN3O2. The third-order valence-electron chi connectivity index (χ3n) is 5.36. The minimum absolute atomic E-state index is 0.247. The first-order chi connectivity index (χ1) is 14.3. The lowest BCUT2D eigenvalue weighted by Crippen LogP contribution is -2.35. The molecule has 2 aromatic carbocycles. The molecule has 1 unspecified atom stereocenters. The van der Waals surface area contributed by atoms with Crippen molar-refractivity contribution in [3.05, 3.63) is 59.4 Å². The predicted octanol–water partition coefficient (Wildman–Crippen LogP) is 4.56. The van der Waals surface area contributed by atoms with Crippen molar-refractivity contribution in [2.75, 3.05) is 23.3 Å². The van der Waals surface area contributed by atoms with Crippen LogP contribution in [-0.4, -0.2) is 30.3 Å². The van der Waals surface area contributed by atoms with E-state index in [0.717, 1.165) is 37.2 Å². The molecule has 7 heteroatoms. The molecule has 0 saturated carbocycles. The number of piperidine rings is 1. The van der Waals surface area contributed by atoms with Crippen LogP contribution in [-0.2, 0) is 11.3 Å². The van der Waals surface area contributed by atoms with Crippen molar-refractivity contribution < 1.29 is 14.0 Å². The molecule has 0 bridgehead atoms. The second-order valence-electron chi connectivity index (χ2n) is 7.82. The molecule has 1 aliphatic heterocycles. The maximum Gasteiger partial charge on any atom is 0.253 e. The lowest BCUT2D eigenvalue weighted by molar-refractivity contribution is -0.115. The second kappa shape index (κ2) is 9.94. The van der Waals surface area contributed by atoms with Crippen LogP contribution < -0.4 is 15.5 Å². The van der Waals surface area contributed by atoms with E-state index in [0.29, 0.717) is 17.2 Å². The fourth-order valence-corrected chi connectivity index (χ4v) is 3.50. The Hall–Kier alpha value is -2.60. The number of nitrogens with zero attached hydrogens (tertiary/aromatic N) is 1. The first-order valence-electron chi connectivity index (χ1n) is 10.2. The molecule has 160 valence electrons. The maximum atomic E-state index is 13.1. The Labute approximate surface area is 181 Å². The van der Waals surface area contributed by atoms with Gasteiger partial charge in [-0.3, -0.25) is 9.59 Å². The van der Waals surface area contributed by atoms with Crippen LogP contribution in [0.25, 0.3) is 0 Å². The number of carbonyl (C=O) groups excluding carboxylic acids is 2. The number of hydrogen-bond acceptors (Lipinski definition) is 3. The van der Waals surface area contributed by atoms with Crippen LogP contribution in [0.15, 0.2) is 42.5 Å². The van der Waals surface area contributed by atoms with Gasteiger partial charge in [-0.1, -0.05) is 19.1 Å². The van der Waals surface area contributed by atoms with Crippen LogP contribution in [0.4, 0.5) is 15.8 Å². The summed E-state index contributed by atoms with van der Waals surface area (Å²) >= 11 is 5.85. The smallest absolute Gasteiger partial charge is 0.253 e. The van der Waals surface area contributed by atoms with Gasteiger partial charge in [-0.25, -0.2) is 4.39 Å². The number of nitrogens with one attached hydrogen (secondary N) is 2. The number of alkyl halides is 1. The Kier molecular flexibility index (Phi) is 7.32. The Balaban J connectivity index is 1.82. The molecule has 3 rings (SSSR count). The highest BCUT2D eigenvalue weighted by atomic mass is 35.5.